The van der Waals surface area contributed by atoms with Crippen molar-refractivity contribution >= 4 is 29.0 Å². The summed E-state index contributed by atoms with van der Waals surface area (Å²) in [5, 5.41) is 3.33. The Labute approximate surface area is 116 Å². The van der Waals surface area contributed by atoms with Gasteiger partial charge in [0.15, 0.2) is 0 Å². The Hall–Kier alpha value is -0.520. The summed E-state index contributed by atoms with van der Waals surface area (Å²) < 4.78 is 0. The molecule has 2 aliphatic rings. The van der Waals surface area contributed by atoms with Crippen molar-refractivity contribution in [2.45, 2.75) is 25.1 Å². The summed E-state index contributed by atoms with van der Waals surface area (Å²) in [5.41, 5.74) is 1.39. The first-order chi connectivity index (χ1) is 8.75. The number of hydrogen-bond donors (Lipinski definition) is 1. The van der Waals surface area contributed by atoms with Gasteiger partial charge in [-0.3, -0.25) is 4.79 Å². The first-order valence-corrected chi connectivity index (χ1v) is 8.44. The Morgan fingerprint density at radius 3 is 3.22 bits per heavy atom. The average molecular weight is 282 g/mol. The van der Waals surface area contributed by atoms with E-state index in [0.29, 0.717) is 6.04 Å². The molecule has 0 spiro atoms. The Kier molecular flexibility index (Phi) is 3.63. The third-order valence-corrected chi connectivity index (χ3v) is 5.83. The molecule has 0 saturated carbocycles. The number of piperazine rings is 1. The van der Waals surface area contributed by atoms with Crippen molar-refractivity contribution in [2.75, 3.05) is 25.4 Å². The summed E-state index contributed by atoms with van der Waals surface area (Å²) in [7, 11) is 0. The topological polar surface area (TPSA) is 32.3 Å². The molecule has 3 rings (SSSR count). The van der Waals surface area contributed by atoms with Crippen LogP contribution in [0.15, 0.2) is 6.07 Å². The second-order valence-electron chi connectivity index (χ2n) is 4.91. The maximum absolute atomic E-state index is 12.5. The number of thiophene rings is 1. The molecule has 1 aromatic rings. The summed E-state index contributed by atoms with van der Waals surface area (Å²) >= 11 is 3.68. The molecule has 0 unspecified atom stereocenters. The molecule has 1 N–H and O–H groups in total. The van der Waals surface area contributed by atoms with E-state index in [4.69, 9.17) is 0 Å². The molecule has 1 amide bonds. The van der Waals surface area contributed by atoms with Gasteiger partial charge in [0.05, 0.1) is 4.88 Å². The van der Waals surface area contributed by atoms with Crippen molar-refractivity contribution in [3.8, 4) is 0 Å². The first kappa shape index (κ1) is 12.5. The number of fused-ring (bicyclic) bond motifs is 1. The van der Waals surface area contributed by atoms with Crippen LogP contribution in [0, 0.1) is 0 Å². The molecule has 0 aliphatic carbocycles. The lowest BCUT2D eigenvalue weighted by atomic mass is 10.2. The van der Waals surface area contributed by atoms with Gasteiger partial charge in [0.25, 0.3) is 5.91 Å². The number of hydrogen-bond acceptors (Lipinski definition) is 4. The maximum atomic E-state index is 12.5. The summed E-state index contributed by atoms with van der Waals surface area (Å²) in [4.78, 5) is 16.9. The number of nitrogens with one attached hydrogen (secondary N) is 1. The van der Waals surface area contributed by atoms with E-state index in [1.54, 1.807) is 11.3 Å². The Morgan fingerprint density at radius 2 is 2.44 bits per heavy atom. The fourth-order valence-electron chi connectivity index (χ4n) is 2.54. The lowest BCUT2D eigenvalue weighted by Gasteiger charge is -2.33. The van der Waals surface area contributed by atoms with Crippen LogP contribution in [0.2, 0.25) is 0 Å². The molecular weight excluding hydrogens is 264 g/mol. The van der Waals surface area contributed by atoms with Gasteiger partial charge in [-0.25, -0.2) is 0 Å². The highest BCUT2D eigenvalue weighted by Crippen LogP contribution is 2.32. The number of thioether (sulfide) groups is 1. The van der Waals surface area contributed by atoms with Gasteiger partial charge < -0.3 is 10.2 Å². The van der Waals surface area contributed by atoms with E-state index in [2.05, 4.69) is 18.3 Å². The Bertz CT molecular complexity index is 434. The van der Waals surface area contributed by atoms with Gasteiger partial charge in [0, 0.05) is 36.3 Å². The lowest BCUT2D eigenvalue weighted by Crippen LogP contribution is -2.52. The number of aryl methyl sites for hydroxylation is 1. The standard InChI is InChI=1S/C13H18N2OS2/c1-9-7-14-3-4-15(9)13(16)12-6-10-8-17-5-2-11(10)18-12/h6,9,14H,2-5,7-8H2,1H3/t9-/m0/s1. The van der Waals surface area contributed by atoms with Crippen molar-refractivity contribution in [1.29, 1.82) is 0 Å². The van der Waals surface area contributed by atoms with Crippen LogP contribution in [0.3, 0.4) is 0 Å². The highest BCUT2D eigenvalue weighted by Gasteiger charge is 2.26. The van der Waals surface area contributed by atoms with E-state index in [1.807, 2.05) is 16.7 Å². The largest absolute Gasteiger partial charge is 0.333 e. The van der Waals surface area contributed by atoms with Crippen LogP contribution < -0.4 is 5.32 Å². The summed E-state index contributed by atoms with van der Waals surface area (Å²) in [6, 6.07) is 2.43. The summed E-state index contributed by atoms with van der Waals surface area (Å²) in [6.45, 7) is 4.77. The molecule has 1 atom stereocenters. The van der Waals surface area contributed by atoms with Crippen molar-refractivity contribution in [1.82, 2.24) is 10.2 Å². The third-order valence-electron chi connectivity index (χ3n) is 3.60. The van der Waals surface area contributed by atoms with E-state index in [-0.39, 0.29) is 5.91 Å². The quantitative estimate of drug-likeness (QED) is 0.855. The molecule has 0 bridgehead atoms. The molecule has 2 aliphatic heterocycles. The molecule has 98 valence electrons. The van der Waals surface area contributed by atoms with Crippen LogP contribution in [0.25, 0.3) is 0 Å². The minimum Gasteiger partial charge on any atom is -0.333 e. The Morgan fingerprint density at radius 1 is 1.56 bits per heavy atom. The number of carbonyl (C=O) groups excluding carboxylic acids is 1. The summed E-state index contributed by atoms with van der Waals surface area (Å²) in [6.07, 6.45) is 1.13. The van der Waals surface area contributed by atoms with Crippen LogP contribution >= 0.6 is 23.1 Å². The third kappa shape index (κ3) is 2.31. The van der Waals surface area contributed by atoms with Gasteiger partial charge in [-0.1, -0.05) is 0 Å². The zero-order valence-corrected chi connectivity index (χ0v) is 12.2. The average Bonchev–Trinajstić information content (AvgIpc) is 2.82. The molecule has 5 heteroatoms. The molecule has 1 saturated heterocycles. The highest BCUT2D eigenvalue weighted by atomic mass is 32.2. The van der Waals surface area contributed by atoms with Gasteiger partial charge in [0.1, 0.15) is 0 Å². The van der Waals surface area contributed by atoms with E-state index >= 15 is 0 Å². The maximum Gasteiger partial charge on any atom is 0.264 e. The number of nitrogens with zero attached hydrogens (tertiary/aromatic N) is 1. The van der Waals surface area contributed by atoms with Crippen molar-refractivity contribution in [3.63, 3.8) is 0 Å². The van der Waals surface area contributed by atoms with Crippen molar-refractivity contribution < 1.29 is 4.79 Å². The van der Waals surface area contributed by atoms with Crippen LogP contribution in [0.4, 0.5) is 0 Å². The van der Waals surface area contributed by atoms with Crippen molar-refractivity contribution in [3.05, 3.63) is 21.4 Å². The fourth-order valence-corrected chi connectivity index (χ4v) is 4.87. The van der Waals surface area contributed by atoms with Crippen LogP contribution in [0.5, 0.6) is 0 Å². The van der Waals surface area contributed by atoms with Gasteiger partial charge in [-0.15, -0.1) is 11.3 Å². The summed E-state index contributed by atoms with van der Waals surface area (Å²) in [5.74, 6) is 2.51. The van der Waals surface area contributed by atoms with Crippen molar-refractivity contribution in [2.24, 2.45) is 0 Å². The molecule has 0 radical (unpaired) electrons. The minimum absolute atomic E-state index is 0.230. The fraction of sp³-hybridized carbons (Fsp3) is 0.615. The zero-order chi connectivity index (χ0) is 12.5. The molecule has 0 aromatic carbocycles. The van der Waals surface area contributed by atoms with Crippen LogP contribution in [-0.4, -0.2) is 42.2 Å². The van der Waals surface area contributed by atoms with E-state index in [9.17, 15) is 4.79 Å². The zero-order valence-electron chi connectivity index (χ0n) is 10.6. The number of carbonyl (C=O) groups is 1. The number of amides is 1. The Balaban J connectivity index is 1.81. The molecule has 1 fully saturated rings. The van der Waals surface area contributed by atoms with Gasteiger partial charge in [-0.05, 0) is 30.7 Å². The molecular formula is C13H18N2OS2. The normalized spacial score (nSPS) is 23.8. The monoisotopic (exact) mass is 282 g/mol. The van der Waals surface area contributed by atoms with Gasteiger partial charge >= 0.3 is 0 Å². The molecule has 1 aromatic heterocycles. The highest BCUT2D eigenvalue weighted by molar-refractivity contribution is 7.98. The predicted molar refractivity (Wildman–Crippen MR) is 77.6 cm³/mol. The van der Waals surface area contributed by atoms with Crippen LogP contribution in [0.1, 0.15) is 27.0 Å². The van der Waals surface area contributed by atoms with E-state index in [1.165, 1.54) is 16.2 Å². The second kappa shape index (κ2) is 5.23. The second-order valence-corrected chi connectivity index (χ2v) is 7.16. The predicted octanol–water partition coefficient (Wildman–Crippen LogP) is 1.97. The molecule has 3 heterocycles. The number of rotatable bonds is 1. The van der Waals surface area contributed by atoms with E-state index < -0.39 is 0 Å². The molecule has 3 nitrogen and oxygen atoms in total. The van der Waals surface area contributed by atoms with Gasteiger partial charge in [0.2, 0.25) is 0 Å². The smallest absolute Gasteiger partial charge is 0.264 e. The lowest BCUT2D eigenvalue weighted by molar-refractivity contribution is 0.0661. The van der Waals surface area contributed by atoms with Crippen LogP contribution in [-0.2, 0) is 12.2 Å². The molecule has 18 heavy (non-hydrogen) atoms. The van der Waals surface area contributed by atoms with Gasteiger partial charge in [-0.2, -0.15) is 11.8 Å². The minimum atomic E-state index is 0.230. The van der Waals surface area contributed by atoms with E-state index in [0.717, 1.165) is 36.7 Å². The SMILES string of the molecule is C[C@H]1CNCCN1C(=O)c1cc2c(s1)CCSC2. The first-order valence-electron chi connectivity index (χ1n) is 6.46.